The maximum absolute atomic E-state index is 13.0. The van der Waals surface area contributed by atoms with Gasteiger partial charge in [0.2, 0.25) is 0 Å². The van der Waals surface area contributed by atoms with Gasteiger partial charge in [-0.3, -0.25) is 9.59 Å². The number of nitrogens with zero attached hydrogens (tertiary/aromatic N) is 2. The summed E-state index contributed by atoms with van der Waals surface area (Å²) in [6, 6.07) is 8.00. The van der Waals surface area contributed by atoms with Crippen molar-refractivity contribution in [2.75, 3.05) is 6.54 Å². The van der Waals surface area contributed by atoms with Gasteiger partial charge in [-0.15, -0.1) is 0 Å². The van der Waals surface area contributed by atoms with Crippen LogP contribution in [0.25, 0.3) is 5.69 Å². The molecule has 1 aliphatic carbocycles. The summed E-state index contributed by atoms with van der Waals surface area (Å²) < 4.78 is 14.1. The van der Waals surface area contributed by atoms with Crippen LogP contribution in [-0.2, 0) is 0 Å². The van der Waals surface area contributed by atoms with Crippen LogP contribution in [0.3, 0.4) is 0 Å². The molecule has 1 aromatic heterocycles. The van der Waals surface area contributed by atoms with E-state index in [1.165, 1.54) is 36.4 Å². The van der Waals surface area contributed by atoms with E-state index in [1.807, 2.05) is 0 Å². The van der Waals surface area contributed by atoms with Gasteiger partial charge < -0.3 is 11.1 Å². The number of hydrogen-bond donors (Lipinski definition) is 2. The summed E-state index contributed by atoms with van der Waals surface area (Å²) in [6.45, 7) is 0.371. The lowest BCUT2D eigenvalue weighted by molar-refractivity contribution is 0.0896. The standard InChI is InChI=1S/C17H19FN4O2/c18-12-3-5-13(6-4-12)22-15(23)8-7-14(21-22)16(24)20-17(11-19)9-1-2-10-17/h3-8H,1-2,9-11,19H2,(H,20,24). The summed E-state index contributed by atoms with van der Waals surface area (Å²) in [5.41, 5.74) is 5.56. The van der Waals surface area contributed by atoms with Crippen LogP contribution in [0.4, 0.5) is 4.39 Å². The molecule has 0 atom stereocenters. The Hall–Kier alpha value is -2.54. The molecular weight excluding hydrogens is 311 g/mol. The predicted octanol–water partition coefficient (Wildman–Crippen LogP) is 1.37. The van der Waals surface area contributed by atoms with Gasteiger partial charge in [-0.2, -0.15) is 9.78 Å². The Labute approximate surface area is 138 Å². The Balaban J connectivity index is 1.89. The minimum Gasteiger partial charge on any atom is -0.344 e. The molecule has 0 bridgehead atoms. The normalized spacial score (nSPS) is 16.1. The van der Waals surface area contributed by atoms with E-state index < -0.39 is 16.9 Å². The number of carbonyl (C=O) groups excluding carboxylic acids is 1. The molecule has 24 heavy (non-hydrogen) atoms. The maximum atomic E-state index is 13.0. The number of amides is 1. The zero-order chi connectivity index (χ0) is 17.2. The number of benzene rings is 1. The molecule has 1 heterocycles. The largest absolute Gasteiger partial charge is 0.344 e. The Morgan fingerprint density at radius 1 is 1.21 bits per heavy atom. The Morgan fingerprint density at radius 3 is 2.50 bits per heavy atom. The Bertz CT molecular complexity index is 795. The fourth-order valence-corrected chi connectivity index (χ4v) is 3.04. The van der Waals surface area contributed by atoms with Crippen LogP contribution in [-0.4, -0.2) is 27.8 Å². The number of halogens is 1. The second-order valence-electron chi connectivity index (χ2n) is 6.09. The first-order valence-corrected chi connectivity index (χ1v) is 7.92. The molecule has 2 aromatic rings. The lowest BCUT2D eigenvalue weighted by Crippen LogP contribution is -2.52. The fraction of sp³-hybridized carbons (Fsp3) is 0.353. The second kappa shape index (κ2) is 6.52. The van der Waals surface area contributed by atoms with Crippen LogP contribution < -0.4 is 16.6 Å². The number of carbonyl (C=O) groups is 1. The van der Waals surface area contributed by atoms with E-state index in [1.54, 1.807) is 0 Å². The Kier molecular flexibility index (Phi) is 4.44. The highest BCUT2D eigenvalue weighted by molar-refractivity contribution is 5.92. The summed E-state index contributed by atoms with van der Waals surface area (Å²) in [7, 11) is 0. The molecule has 3 N–H and O–H groups in total. The van der Waals surface area contributed by atoms with Gasteiger partial charge in [0.15, 0.2) is 0 Å². The van der Waals surface area contributed by atoms with Gasteiger partial charge >= 0.3 is 0 Å². The average molecular weight is 330 g/mol. The maximum Gasteiger partial charge on any atom is 0.272 e. The number of rotatable bonds is 4. The Morgan fingerprint density at radius 2 is 1.88 bits per heavy atom. The van der Waals surface area contributed by atoms with E-state index in [2.05, 4.69) is 10.4 Å². The van der Waals surface area contributed by atoms with Crippen molar-refractivity contribution in [3.8, 4) is 5.69 Å². The van der Waals surface area contributed by atoms with Gasteiger partial charge in [0.05, 0.1) is 11.2 Å². The van der Waals surface area contributed by atoms with Crippen molar-refractivity contribution in [3.63, 3.8) is 0 Å². The molecule has 1 saturated carbocycles. The van der Waals surface area contributed by atoms with Gasteiger partial charge in [-0.25, -0.2) is 4.39 Å². The van der Waals surface area contributed by atoms with E-state index in [-0.39, 0.29) is 11.6 Å². The predicted molar refractivity (Wildman–Crippen MR) is 87.5 cm³/mol. The van der Waals surface area contributed by atoms with Crippen molar-refractivity contribution < 1.29 is 9.18 Å². The van der Waals surface area contributed by atoms with Gasteiger partial charge in [0, 0.05) is 12.6 Å². The highest BCUT2D eigenvalue weighted by atomic mass is 19.1. The highest BCUT2D eigenvalue weighted by Crippen LogP contribution is 2.28. The summed E-state index contributed by atoms with van der Waals surface area (Å²) in [6.07, 6.45) is 3.74. The molecule has 0 radical (unpaired) electrons. The van der Waals surface area contributed by atoms with Crippen LogP contribution in [0, 0.1) is 5.82 Å². The second-order valence-corrected chi connectivity index (χ2v) is 6.09. The summed E-state index contributed by atoms with van der Waals surface area (Å²) in [5.74, 6) is -0.773. The van der Waals surface area contributed by atoms with Crippen molar-refractivity contribution in [2.24, 2.45) is 5.73 Å². The van der Waals surface area contributed by atoms with Crippen molar-refractivity contribution in [1.29, 1.82) is 0 Å². The summed E-state index contributed by atoms with van der Waals surface area (Å²) in [5, 5.41) is 7.07. The van der Waals surface area contributed by atoms with Crippen LogP contribution in [0.15, 0.2) is 41.2 Å². The molecule has 1 amide bonds. The van der Waals surface area contributed by atoms with Crippen LogP contribution in [0.2, 0.25) is 0 Å². The van der Waals surface area contributed by atoms with Crippen LogP contribution in [0.5, 0.6) is 0 Å². The van der Waals surface area contributed by atoms with Gasteiger partial charge in [-0.05, 0) is 43.2 Å². The SMILES string of the molecule is NCC1(NC(=O)c2ccc(=O)n(-c3ccc(F)cc3)n2)CCCC1. The summed E-state index contributed by atoms with van der Waals surface area (Å²) >= 11 is 0. The van der Waals surface area contributed by atoms with Gasteiger partial charge in [0.25, 0.3) is 11.5 Å². The monoisotopic (exact) mass is 330 g/mol. The molecule has 3 rings (SSSR count). The third kappa shape index (κ3) is 3.21. The highest BCUT2D eigenvalue weighted by Gasteiger charge is 2.34. The first-order valence-electron chi connectivity index (χ1n) is 7.92. The molecular formula is C17H19FN4O2. The molecule has 0 aliphatic heterocycles. The molecule has 0 spiro atoms. The molecule has 6 nitrogen and oxygen atoms in total. The molecule has 0 unspecified atom stereocenters. The van der Waals surface area contributed by atoms with E-state index in [0.29, 0.717) is 12.2 Å². The minimum absolute atomic E-state index is 0.124. The quantitative estimate of drug-likeness (QED) is 0.886. The fourth-order valence-electron chi connectivity index (χ4n) is 3.04. The van der Waals surface area contributed by atoms with Crippen molar-refractivity contribution >= 4 is 5.91 Å². The molecule has 126 valence electrons. The lowest BCUT2D eigenvalue weighted by atomic mass is 9.97. The van der Waals surface area contributed by atoms with Gasteiger partial charge in [0.1, 0.15) is 11.5 Å². The van der Waals surface area contributed by atoms with Gasteiger partial charge in [-0.1, -0.05) is 12.8 Å². The third-order valence-corrected chi connectivity index (χ3v) is 4.43. The summed E-state index contributed by atoms with van der Waals surface area (Å²) in [4.78, 5) is 24.5. The number of nitrogens with two attached hydrogens (primary N) is 1. The van der Waals surface area contributed by atoms with Crippen molar-refractivity contribution in [3.05, 3.63) is 58.3 Å². The van der Waals surface area contributed by atoms with Crippen molar-refractivity contribution in [1.82, 2.24) is 15.1 Å². The van der Waals surface area contributed by atoms with E-state index >= 15 is 0 Å². The topological polar surface area (TPSA) is 90.0 Å². The zero-order valence-electron chi connectivity index (χ0n) is 13.2. The first kappa shape index (κ1) is 16.3. The molecule has 1 fully saturated rings. The molecule has 1 aliphatic rings. The van der Waals surface area contributed by atoms with Crippen LogP contribution in [0.1, 0.15) is 36.2 Å². The molecule has 1 aromatic carbocycles. The minimum atomic E-state index is -0.410. The average Bonchev–Trinajstić information content (AvgIpc) is 3.05. The first-order chi connectivity index (χ1) is 11.5. The number of hydrogen-bond acceptors (Lipinski definition) is 4. The molecule has 0 saturated heterocycles. The van der Waals surface area contributed by atoms with Crippen LogP contribution >= 0.6 is 0 Å². The molecule has 7 heteroatoms. The van der Waals surface area contributed by atoms with E-state index in [4.69, 9.17) is 5.73 Å². The number of nitrogens with one attached hydrogen (secondary N) is 1. The zero-order valence-corrected chi connectivity index (χ0v) is 13.2. The smallest absolute Gasteiger partial charge is 0.272 e. The van der Waals surface area contributed by atoms with Crippen molar-refractivity contribution in [2.45, 2.75) is 31.2 Å². The lowest BCUT2D eigenvalue weighted by Gasteiger charge is -2.28. The van der Waals surface area contributed by atoms with E-state index in [0.717, 1.165) is 30.4 Å². The third-order valence-electron chi connectivity index (χ3n) is 4.43. The number of aromatic nitrogens is 2. The van der Waals surface area contributed by atoms with E-state index in [9.17, 15) is 14.0 Å².